The summed E-state index contributed by atoms with van der Waals surface area (Å²) >= 11 is 0. The highest BCUT2D eigenvalue weighted by atomic mass is 16.5. The van der Waals surface area contributed by atoms with E-state index in [1.807, 2.05) is 13.0 Å². The van der Waals surface area contributed by atoms with Gasteiger partial charge in [0.15, 0.2) is 0 Å². The number of aliphatic carboxylic acids is 1. The predicted octanol–water partition coefficient (Wildman–Crippen LogP) is 1.27. The Bertz CT molecular complexity index is 478. The Balaban J connectivity index is 2.14. The minimum atomic E-state index is -0.957. The summed E-state index contributed by atoms with van der Waals surface area (Å²) in [6.07, 6.45) is 2.11. The number of likely N-dealkylation sites (tertiary alicyclic amines) is 1. The maximum absolute atomic E-state index is 11.5. The molecule has 0 radical (unpaired) electrons. The first-order valence-electron chi connectivity index (χ1n) is 6.61. The van der Waals surface area contributed by atoms with Gasteiger partial charge in [-0.2, -0.15) is 0 Å². The van der Waals surface area contributed by atoms with Crippen molar-refractivity contribution in [3.8, 4) is 5.88 Å². The van der Waals surface area contributed by atoms with Gasteiger partial charge in [-0.1, -0.05) is 6.07 Å². The summed E-state index contributed by atoms with van der Waals surface area (Å²) < 4.78 is 5.27. The first kappa shape index (κ1) is 14.3. The van der Waals surface area contributed by atoms with Gasteiger partial charge in [-0.05, 0) is 18.9 Å². The first-order chi connectivity index (χ1) is 9.52. The second-order valence-corrected chi connectivity index (χ2v) is 4.82. The first-order valence-corrected chi connectivity index (χ1v) is 6.61. The number of ether oxygens (including phenoxy) is 1. The Labute approximate surface area is 117 Å². The number of aromatic nitrogens is 1. The van der Waals surface area contributed by atoms with Crippen LogP contribution in [0.2, 0.25) is 0 Å². The minimum Gasteiger partial charge on any atom is -0.480 e. The topological polar surface area (TPSA) is 79.7 Å². The van der Waals surface area contributed by atoms with Crippen molar-refractivity contribution in [3.05, 3.63) is 23.9 Å². The number of hydrogen-bond donors (Lipinski definition) is 1. The number of hydrogen-bond acceptors (Lipinski definition) is 4. The van der Waals surface area contributed by atoms with Crippen molar-refractivity contribution in [3.63, 3.8) is 0 Å². The van der Waals surface area contributed by atoms with E-state index in [0.29, 0.717) is 25.5 Å². The summed E-state index contributed by atoms with van der Waals surface area (Å²) in [5, 5.41) is 9.18. The van der Waals surface area contributed by atoms with Crippen LogP contribution in [0.15, 0.2) is 18.3 Å². The van der Waals surface area contributed by atoms with Crippen LogP contribution in [0.25, 0.3) is 0 Å². The number of carboxylic acids is 1. The van der Waals surface area contributed by atoms with Gasteiger partial charge in [-0.3, -0.25) is 4.79 Å². The molecule has 0 saturated carbocycles. The second-order valence-electron chi connectivity index (χ2n) is 4.82. The number of rotatable bonds is 4. The molecule has 1 N–H and O–H groups in total. The fourth-order valence-corrected chi connectivity index (χ4v) is 2.53. The van der Waals surface area contributed by atoms with Crippen LogP contribution in [0.4, 0.5) is 0 Å². The SMILES string of the molecule is CCOc1ccc(C2C[C@H](C(=O)O)N(C(C)=O)C2)cn1. The molecule has 1 aromatic rings. The van der Waals surface area contributed by atoms with Gasteiger partial charge < -0.3 is 14.7 Å². The molecule has 1 amide bonds. The van der Waals surface area contributed by atoms with Gasteiger partial charge in [-0.25, -0.2) is 9.78 Å². The highest BCUT2D eigenvalue weighted by molar-refractivity contribution is 5.83. The second kappa shape index (κ2) is 5.90. The molecule has 2 rings (SSSR count). The lowest BCUT2D eigenvalue weighted by Gasteiger charge is -2.19. The molecule has 0 bridgehead atoms. The highest BCUT2D eigenvalue weighted by Crippen LogP contribution is 2.32. The standard InChI is InChI=1S/C14H18N2O4/c1-3-20-13-5-4-10(7-15-13)11-6-12(14(18)19)16(8-11)9(2)17/h4-5,7,11-12H,3,6,8H2,1-2H3,(H,18,19)/t11?,12-/m1/s1. The third-order valence-corrected chi connectivity index (χ3v) is 3.51. The largest absolute Gasteiger partial charge is 0.480 e. The normalized spacial score (nSPS) is 21.8. The van der Waals surface area contributed by atoms with E-state index in [-0.39, 0.29) is 11.8 Å². The van der Waals surface area contributed by atoms with Crippen LogP contribution in [0.5, 0.6) is 5.88 Å². The van der Waals surface area contributed by atoms with Crippen LogP contribution in [0, 0.1) is 0 Å². The van der Waals surface area contributed by atoms with E-state index >= 15 is 0 Å². The van der Waals surface area contributed by atoms with Crippen LogP contribution in [0.1, 0.15) is 31.7 Å². The quantitative estimate of drug-likeness (QED) is 0.897. The summed E-state index contributed by atoms with van der Waals surface area (Å²) in [5.74, 6) is -0.615. The summed E-state index contributed by atoms with van der Waals surface area (Å²) in [6, 6.07) is 2.90. The molecule has 1 aromatic heterocycles. The van der Waals surface area contributed by atoms with Gasteiger partial charge in [-0.15, -0.1) is 0 Å². The molecule has 1 aliphatic heterocycles. The van der Waals surface area contributed by atoms with Gasteiger partial charge in [0.25, 0.3) is 0 Å². The van der Waals surface area contributed by atoms with Crippen molar-refractivity contribution in [2.75, 3.05) is 13.2 Å². The molecular weight excluding hydrogens is 260 g/mol. The Kier molecular flexibility index (Phi) is 4.22. The molecule has 6 heteroatoms. The molecule has 108 valence electrons. The van der Waals surface area contributed by atoms with E-state index in [0.717, 1.165) is 5.56 Å². The van der Waals surface area contributed by atoms with Crippen molar-refractivity contribution in [2.24, 2.45) is 0 Å². The third kappa shape index (κ3) is 2.89. The Morgan fingerprint density at radius 3 is 2.70 bits per heavy atom. The smallest absolute Gasteiger partial charge is 0.326 e. The maximum atomic E-state index is 11.5. The number of nitrogens with zero attached hydrogens (tertiary/aromatic N) is 2. The van der Waals surface area contributed by atoms with E-state index in [2.05, 4.69) is 4.98 Å². The van der Waals surface area contributed by atoms with Crippen LogP contribution >= 0.6 is 0 Å². The molecule has 1 fully saturated rings. The van der Waals surface area contributed by atoms with Crippen molar-refractivity contribution < 1.29 is 19.4 Å². The molecular formula is C14H18N2O4. The van der Waals surface area contributed by atoms with Crippen molar-refractivity contribution in [1.82, 2.24) is 9.88 Å². The van der Waals surface area contributed by atoms with Crippen LogP contribution in [-0.4, -0.2) is 46.1 Å². The van der Waals surface area contributed by atoms with E-state index in [1.165, 1.54) is 11.8 Å². The number of amides is 1. The van der Waals surface area contributed by atoms with Crippen molar-refractivity contribution >= 4 is 11.9 Å². The minimum absolute atomic E-state index is 0.00294. The summed E-state index contributed by atoms with van der Waals surface area (Å²) in [5.41, 5.74) is 0.934. The van der Waals surface area contributed by atoms with Crippen LogP contribution in [0.3, 0.4) is 0 Å². The average Bonchev–Trinajstić information content (AvgIpc) is 2.85. The number of carbonyl (C=O) groups excluding carboxylic acids is 1. The molecule has 1 saturated heterocycles. The zero-order chi connectivity index (χ0) is 14.7. The molecule has 1 unspecified atom stereocenters. The molecule has 6 nitrogen and oxygen atoms in total. The fraction of sp³-hybridized carbons (Fsp3) is 0.500. The van der Waals surface area contributed by atoms with Gasteiger partial charge in [0.05, 0.1) is 6.61 Å². The average molecular weight is 278 g/mol. The van der Waals surface area contributed by atoms with Gasteiger partial charge in [0.1, 0.15) is 6.04 Å². The zero-order valence-electron chi connectivity index (χ0n) is 11.6. The summed E-state index contributed by atoms with van der Waals surface area (Å²) in [6.45, 7) is 4.25. The Hall–Kier alpha value is -2.11. The summed E-state index contributed by atoms with van der Waals surface area (Å²) in [4.78, 5) is 28.3. The van der Waals surface area contributed by atoms with Crippen LogP contribution in [-0.2, 0) is 9.59 Å². The van der Waals surface area contributed by atoms with E-state index in [9.17, 15) is 14.7 Å². The van der Waals surface area contributed by atoms with Crippen molar-refractivity contribution in [2.45, 2.75) is 32.2 Å². The number of pyridine rings is 1. The van der Waals surface area contributed by atoms with E-state index in [4.69, 9.17) is 4.74 Å². The Morgan fingerprint density at radius 1 is 1.50 bits per heavy atom. The Morgan fingerprint density at radius 2 is 2.25 bits per heavy atom. The van der Waals surface area contributed by atoms with Gasteiger partial charge >= 0.3 is 5.97 Å². The van der Waals surface area contributed by atoms with E-state index < -0.39 is 12.0 Å². The number of carbonyl (C=O) groups is 2. The lowest BCUT2D eigenvalue weighted by atomic mass is 9.98. The molecule has 20 heavy (non-hydrogen) atoms. The van der Waals surface area contributed by atoms with Gasteiger partial charge in [0.2, 0.25) is 11.8 Å². The summed E-state index contributed by atoms with van der Waals surface area (Å²) in [7, 11) is 0. The maximum Gasteiger partial charge on any atom is 0.326 e. The fourth-order valence-electron chi connectivity index (χ4n) is 2.53. The molecule has 2 heterocycles. The molecule has 0 aromatic carbocycles. The molecule has 0 spiro atoms. The molecule has 0 aliphatic carbocycles. The third-order valence-electron chi connectivity index (χ3n) is 3.51. The molecule has 2 atom stereocenters. The van der Waals surface area contributed by atoms with E-state index in [1.54, 1.807) is 12.3 Å². The lowest BCUT2D eigenvalue weighted by Crippen LogP contribution is -2.39. The number of carboxylic acid groups (broad SMARTS) is 1. The van der Waals surface area contributed by atoms with Gasteiger partial charge in [0, 0.05) is 31.6 Å². The zero-order valence-corrected chi connectivity index (χ0v) is 11.6. The van der Waals surface area contributed by atoms with Crippen molar-refractivity contribution in [1.29, 1.82) is 0 Å². The lowest BCUT2D eigenvalue weighted by molar-refractivity contribution is -0.147. The van der Waals surface area contributed by atoms with Crippen LogP contribution < -0.4 is 4.74 Å². The predicted molar refractivity (Wildman–Crippen MR) is 71.6 cm³/mol. The highest BCUT2D eigenvalue weighted by Gasteiger charge is 2.38. The monoisotopic (exact) mass is 278 g/mol. The molecule has 1 aliphatic rings.